The SMILES string of the molecule is CN1CCN(C2CCN([C@H](C(N)=O)c3ccccc3)CC2)C1=O. The molecule has 1 aromatic carbocycles. The zero-order valence-electron chi connectivity index (χ0n) is 13.5. The Bertz CT molecular complexity index is 569. The fourth-order valence-electron chi connectivity index (χ4n) is 3.65. The fourth-order valence-corrected chi connectivity index (χ4v) is 3.65. The van der Waals surface area contributed by atoms with Crippen LogP contribution in [0, 0.1) is 0 Å². The van der Waals surface area contributed by atoms with Crippen LogP contribution in [0.3, 0.4) is 0 Å². The summed E-state index contributed by atoms with van der Waals surface area (Å²) in [5, 5.41) is 0. The third-order valence-electron chi connectivity index (χ3n) is 4.94. The summed E-state index contributed by atoms with van der Waals surface area (Å²) in [5.41, 5.74) is 6.59. The molecule has 0 unspecified atom stereocenters. The van der Waals surface area contributed by atoms with Crippen molar-refractivity contribution in [2.75, 3.05) is 33.2 Å². The summed E-state index contributed by atoms with van der Waals surface area (Å²) < 4.78 is 0. The number of benzene rings is 1. The van der Waals surface area contributed by atoms with Crippen LogP contribution < -0.4 is 5.73 Å². The molecule has 0 radical (unpaired) electrons. The summed E-state index contributed by atoms with van der Waals surface area (Å²) in [6, 6.07) is 9.69. The number of rotatable bonds is 4. The predicted molar refractivity (Wildman–Crippen MR) is 87.7 cm³/mol. The molecule has 124 valence electrons. The molecule has 3 amide bonds. The number of likely N-dealkylation sites (N-methyl/N-ethyl adjacent to an activating group) is 1. The number of hydrogen-bond acceptors (Lipinski definition) is 3. The van der Waals surface area contributed by atoms with Crippen molar-refractivity contribution in [2.24, 2.45) is 5.73 Å². The van der Waals surface area contributed by atoms with Crippen molar-refractivity contribution in [3.05, 3.63) is 35.9 Å². The smallest absolute Gasteiger partial charge is 0.320 e. The van der Waals surface area contributed by atoms with Crippen molar-refractivity contribution in [1.82, 2.24) is 14.7 Å². The lowest BCUT2D eigenvalue weighted by Crippen LogP contribution is -2.49. The van der Waals surface area contributed by atoms with Gasteiger partial charge in [-0.2, -0.15) is 0 Å². The second-order valence-electron chi connectivity index (χ2n) is 6.38. The molecule has 3 rings (SSSR count). The quantitative estimate of drug-likeness (QED) is 0.902. The average Bonchev–Trinajstić information content (AvgIpc) is 2.89. The summed E-state index contributed by atoms with van der Waals surface area (Å²) in [6.07, 6.45) is 1.77. The maximum absolute atomic E-state index is 12.1. The summed E-state index contributed by atoms with van der Waals surface area (Å²) in [6.45, 7) is 3.16. The molecule has 0 bridgehead atoms. The molecule has 23 heavy (non-hydrogen) atoms. The Hall–Kier alpha value is -2.08. The van der Waals surface area contributed by atoms with Crippen LogP contribution in [-0.2, 0) is 4.79 Å². The number of urea groups is 1. The molecule has 2 aliphatic rings. The van der Waals surface area contributed by atoms with Crippen LogP contribution in [0.25, 0.3) is 0 Å². The van der Waals surface area contributed by atoms with E-state index in [9.17, 15) is 9.59 Å². The molecule has 0 spiro atoms. The van der Waals surface area contributed by atoms with Gasteiger partial charge in [0.15, 0.2) is 0 Å². The van der Waals surface area contributed by atoms with Crippen LogP contribution in [0.2, 0.25) is 0 Å². The van der Waals surface area contributed by atoms with Crippen LogP contribution in [0.1, 0.15) is 24.4 Å². The average molecular weight is 316 g/mol. The van der Waals surface area contributed by atoms with Crippen molar-refractivity contribution in [1.29, 1.82) is 0 Å². The fraction of sp³-hybridized carbons (Fsp3) is 0.529. The van der Waals surface area contributed by atoms with Gasteiger partial charge in [-0.1, -0.05) is 30.3 Å². The zero-order chi connectivity index (χ0) is 16.4. The maximum atomic E-state index is 12.1. The summed E-state index contributed by atoms with van der Waals surface area (Å²) in [5.74, 6) is -0.313. The van der Waals surface area contributed by atoms with Gasteiger partial charge >= 0.3 is 6.03 Å². The summed E-state index contributed by atoms with van der Waals surface area (Å²) in [4.78, 5) is 29.9. The molecule has 2 saturated heterocycles. The standard InChI is InChI=1S/C17H24N4O2/c1-19-11-12-21(17(19)23)14-7-9-20(10-8-14)15(16(18)22)13-5-3-2-4-6-13/h2-6,14-15H,7-12H2,1H3,(H2,18,22)/t15-/m0/s1. The van der Waals surface area contributed by atoms with Crippen molar-refractivity contribution >= 4 is 11.9 Å². The van der Waals surface area contributed by atoms with Crippen LogP contribution in [0.4, 0.5) is 4.79 Å². The molecule has 1 aromatic rings. The molecular formula is C17H24N4O2. The van der Waals surface area contributed by atoms with Gasteiger partial charge in [-0.3, -0.25) is 9.69 Å². The number of likely N-dealkylation sites (tertiary alicyclic amines) is 1. The normalized spacial score (nSPS) is 21.7. The van der Waals surface area contributed by atoms with Gasteiger partial charge in [-0.05, 0) is 18.4 Å². The third-order valence-corrected chi connectivity index (χ3v) is 4.94. The minimum absolute atomic E-state index is 0.123. The highest BCUT2D eigenvalue weighted by Crippen LogP contribution is 2.27. The third kappa shape index (κ3) is 3.17. The van der Waals surface area contributed by atoms with Crippen molar-refractivity contribution in [2.45, 2.75) is 24.9 Å². The van der Waals surface area contributed by atoms with E-state index in [4.69, 9.17) is 5.73 Å². The van der Waals surface area contributed by atoms with Gasteiger partial charge in [-0.15, -0.1) is 0 Å². The Labute approximate surface area is 136 Å². The highest BCUT2D eigenvalue weighted by Gasteiger charge is 2.36. The van der Waals surface area contributed by atoms with Gasteiger partial charge in [0.25, 0.3) is 0 Å². The van der Waals surface area contributed by atoms with Gasteiger partial charge < -0.3 is 15.5 Å². The number of carbonyl (C=O) groups is 2. The van der Waals surface area contributed by atoms with Gasteiger partial charge in [0.05, 0.1) is 0 Å². The van der Waals surface area contributed by atoms with Gasteiger partial charge in [-0.25, -0.2) is 4.79 Å². The first kappa shape index (κ1) is 15.8. The lowest BCUT2D eigenvalue weighted by molar-refractivity contribution is -0.124. The van der Waals surface area contributed by atoms with Gasteiger partial charge in [0.1, 0.15) is 6.04 Å². The molecule has 2 aliphatic heterocycles. The molecule has 2 heterocycles. The highest BCUT2D eigenvalue weighted by molar-refractivity contribution is 5.81. The summed E-state index contributed by atoms with van der Waals surface area (Å²) in [7, 11) is 1.84. The number of piperidine rings is 1. The van der Waals surface area contributed by atoms with E-state index >= 15 is 0 Å². The molecular weight excluding hydrogens is 292 g/mol. The Morgan fingerprint density at radius 3 is 2.30 bits per heavy atom. The number of nitrogens with two attached hydrogens (primary N) is 1. The number of amides is 3. The first-order valence-corrected chi connectivity index (χ1v) is 8.18. The largest absolute Gasteiger partial charge is 0.368 e. The first-order chi connectivity index (χ1) is 11.1. The lowest BCUT2D eigenvalue weighted by atomic mass is 9.98. The van der Waals surface area contributed by atoms with E-state index in [1.54, 1.807) is 4.90 Å². The van der Waals surface area contributed by atoms with Crippen LogP contribution >= 0.6 is 0 Å². The summed E-state index contributed by atoms with van der Waals surface area (Å²) >= 11 is 0. The number of primary amides is 1. The Kier molecular flexibility index (Phi) is 4.52. The predicted octanol–water partition coefficient (Wildman–Crippen LogP) is 1.04. The van der Waals surface area contributed by atoms with E-state index in [-0.39, 0.29) is 24.0 Å². The van der Waals surface area contributed by atoms with Crippen LogP contribution in [0.15, 0.2) is 30.3 Å². The first-order valence-electron chi connectivity index (χ1n) is 8.18. The topological polar surface area (TPSA) is 69.9 Å². The molecule has 2 fully saturated rings. The Balaban J connectivity index is 1.65. The monoisotopic (exact) mass is 316 g/mol. The maximum Gasteiger partial charge on any atom is 0.320 e. The van der Waals surface area contributed by atoms with E-state index < -0.39 is 0 Å². The molecule has 0 aliphatic carbocycles. The van der Waals surface area contributed by atoms with Crippen molar-refractivity contribution < 1.29 is 9.59 Å². The number of hydrogen-bond donors (Lipinski definition) is 1. The molecule has 0 aromatic heterocycles. The van der Waals surface area contributed by atoms with Crippen LogP contribution in [0.5, 0.6) is 0 Å². The molecule has 1 atom stereocenters. The second kappa shape index (κ2) is 6.58. The zero-order valence-corrected chi connectivity index (χ0v) is 13.5. The van der Waals surface area contributed by atoms with Crippen LogP contribution in [-0.4, -0.2) is 65.9 Å². The Morgan fingerprint density at radius 1 is 1.13 bits per heavy atom. The van der Waals surface area contributed by atoms with Crippen molar-refractivity contribution in [3.8, 4) is 0 Å². The minimum atomic E-state index is -0.380. The number of nitrogens with zero attached hydrogens (tertiary/aromatic N) is 3. The van der Waals surface area contributed by atoms with E-state index in [2.05, 4.69) is 4.90 Å². The second-order valence-corrected chi connectivity index (χ2v) is 6.38. The molecule has 6 heteroatoms. The number of carbonyl (C=O) groups excluding carboxylic acids is 2. The van der Waals surface area contributed by atoms with Gasteiger partial charge in [0, 0.05) is 39.3 Å². The highest BCUT2D eigenvalue weighted by atomic mass is 16.2. The minimum Gasteiger partial charge on any atom is -0.368 e. The molecule has 6 nitrogen and oxygen atoms in total. The lowest BCUT2D eigenvalue weighted by Gasteiger charge is -2.39. The van der Waals surface area contributed by atoms with E-state index in [1.165, 1.54) is 0 Å². The van der Waals surface area contributed by atoms with E-state index in [0.29, 0.717) is 0 Å². The van der Waals surface area contributed by atoms with Gasteiger partial charge in [0.2, 0.25) is 5.91 Å². The Morgan fingerprint density at radius 2 is 1.78 bits per heavy atom. The molecule has 2 N–H and O–H groups in total. The van der Waals surface area contributed by atoms with E-state index in [1.807, 2.05) is 42.3 Å². The van der Waals surface area contributed by atoms with E-state index in [0.717, 1.165) is 44.6 Å². The van der Waals surface area contributed by atoms with Crippen molar-refractivity contribution in [3.63, 3.8) is 0 Å². The molecule has 0 saturated carbocycles.